The molecule has 13 heavy (non-hydrogen) atoms. The van der Waals surface area contributed by atoms with Crippen LogP contribution in [0.4, 0.5) is 0 Å². The number of carbonyl (C=O) groups is 1. The molecule has 1 atom stereocenters. The molecule has 3 N–H and O–H groups in total. The lowest BCUT2D eigenvalue weighted by Crippen LogP contribution is -2.33. The first-order chi connectivity index (χ1) is 6.33. The number of ether oxygens (including phenoxy) is 1. The second-order valence-electron chi connectivity index (χ2n) is 3.33. The molecule has 4 heteroatoms. The van der Waals surface area contributed by atoms with Gasteiger partial charge in [-0.15, -0.1) is 0 Å². The van der Waals surface area contributed by atoms with Crippen LogP contribution in [-0.2, 0) is 9.53 Å². The highest BCUT2D eigenvalue weighted by Crippen LogP contribution is 2.15. The fraction of sp³-hybridized carbons (Fsp3) is 0.889. The van der Waals surface area contributed by atoms with Crippen LogP contribution in [0.1, 0.15) is 25.7 Å². The zero-order valence-corrected chi connectivity index (χ0v) is 7.92. The van der Waals surface area contributed by atoms with E-state index in [0.717, 1.165) is 19.4 Å². The maximum Gasteiger partial charge on any atom is 0.222 e. The normalized spacial score (nSPS) is 22.7. The fourth-order valence-corrected chi connectivity index (χ4v) is 1.46. The van der Waals surface area contributed by atoms with E-state index < -0.39 is 0 Å². The Bertz CT molecular complexity index is 156. The van der Waals surface area contributed by atoms with Gasteiger partial charge in [-0.1, -0.05) is 0 Å². The Labute approximate surface area is 78.8 Å². The van der Waals surface area contributed by atoms with Gasteiger partial charge < -0.3 is 15.8 Å². The van der Waals surface area contributed by atoms with Crippen LogP contribution in [0.5, 0.6) is 0 Å². The van der Waals surface area contributed by atoms with Gasteiger partial charge in [0.2, 0.25) is 5.91 Å². The molecule has 1 aliphatic heterocycles. The van der Waals surface area contributed by atoms with E-state index in [0.29, 0.717) is 19.5 Å². The van der Waals surface area contributed by atoms with Crippen LogP contribution in [0.2, 0.25) is 0 Å². The summed E-state index contributed by atoms with van der Waals surface area (Å²) in [6.45, 7) is 1.86. The van der Waals surface area contributed by atoms with Gasteiger partial charge in [-0.2, -0.15) is 0 Å². The molecule has 1 fully saturated rings. The molecule has 1 saturated heterocycles. The summed E-state index contributed by atoms with van der Waals surface area (Å²) in [7, 11) is 0. The van der Waals surface area contributed by atoms with Gasteiger partial charge in [-0.3, -0.25) is 4.79 Å². The van der Waals surface area contributed by atoms with E-state index in [1.54, 1.807) is 0 Å². The van der Waals surface area contributed by atoms with Crippen molar-refractivity contribution in [1.29, 1.82) is 0 Å². The first kappa shape index (κ1) is 10.5. The second kappa shape index (κ2) is 5.94. The Morgan fingerprint density at radius 3 is 3.00 bits per heavy atom. The van der Waals surface area contributed by atoms with Crippen LogP contribution >= 0.6 is 0 Å². The van der Waals surface area contributed by atoms with Crippen molar-refractivity contribution in [3.63, 3.8) is 0 Å². The molecule has 0 bridgehead atoms. The smallest absolute Gasteiger partial charge is 0.222 e. The molecule has 1 rings (SSSR count). The molecular formula is C9H18N2O2. The average molecular weight is 186 g/mol. The molecule has 1 unspecified atom stereocenters. The maximum atomic E-state index is 11.2. The molecule has 0 aromatic rings. The Morgan fingerprint density at radius 1 is 1.54 bits per heavy atom. The zero-order chi connectivity index (χ0) is 9.52. The molecule has 0 saturated carbocycles. The molecule has 76 valence electrons. The molecule has 0 aromatic heterocycles. The van der Waals surface area contributed by atoms with Gasteiger partial charge in [0.05, 0.1) is 12.5 Å². The van der Waals surface area contributed by atoms with E-state index in [1.165, 1.54) is 6.42 Å². The highest BCUT2D eigenvalue weighted by molar-refractivity contribution is 5.76. The van der Waals surface area contributed by atoms with E-state index in [4.69, 9.17) is 10.5 Å². The summed E-state index contributed by atoms with van der Waals surface area (Å²) < 4.78 is 5.44. The number of hydrogen-bond acceptors (Lipinski definition) is 3. The van der Waals surface area contributed by atoms with Crippen molar-refractivity contribution < 1.29 is 9.53 Å². The quantitative estimate of drug-likeness (QED) is 0.650. The fourth-order valence-electron chi connectivity index (χ4n) is 1.46. The van der Waals surface area contributed by atoms with E-state index in [-0.39, 0.29) is 12.0 Å². The standard InChI is InChI=1S/C9H18N2O2/c10-4-5-11-9(12)7-8-3-1-2-6-13-8/h8H,1-7,10H2,(H,11,12). The molecule has 4 nitrogen and oxygen atoms in total. The Balaban J connectivity index is 2.11. The minimum absolute atomic E-state index is 0.0531. The maximum absolute atomic E-state index is 11.2. The van der Waals surface area contributed by atoms with Crippen molar-refractivity contribution in [2.75, 3.05) is 19.7 Å². The Morgan fingerprint density at radius 2 is 2.38 bits per heavy atom. The minimum atomic E-state index is 0.0531. The van der Waals surface area contributed by atoms with Gasteiger partial charge in [-0.05, 0) is 19.3 Å². The molecule has 1 heterocycles. The minimum Gasteiger partial charge on any atom is -0.378 e. The van der Waals surface area contributed by atoms with E-state index in [2.05, 4.69) is 5.32 Å². The van der Waals surface area contributed by atoms with Crippen molar-refractivity contribution in [2.45, 2.75) is 31.8 Å². The van der Waals surface area contributed by atoms with Gasteiger partial charge in [0.25, 0.3) is 0 Å². The summed E-state index contributed by atoms with van der Waals surface area (Å²) in [6.07, 6.45) is 3.93. The van der Waals surface area contributed by atoms with Crippen LogP contribution in [0.3, 0.4) is 0 Å². The summed E-state index contributed by atoms with van der Waals surface area (Å²) in [5, 5.41) is 2.74. The molecule has 1 aliphatic rings. The topological polar surface area (TPSA) is 64.3 Å². The van der Waals surface area contributed by atoms with Gasteiger partial charge in [-0.25, -0.2) is 0 Å². The lowest BCUT2D eigenvalue weighted by molar-refractivity contribution is -0.124. The number of amides is 1. The van der Waals surface area contributed by atoms with Crippen molar-refractivity contribution in [1.82, 2.24) is 5.32 Å². The van der Waals surface area contributed by atoms with E-state index >= 15 is 0 Å². The highest BCUT2D eigenvalue weighted by atomic mass is 16.5. The van der Waals surface area contributed by atoms with Gasteiger partial charge >= 0.3 is 0 Å². The first-order valence-electron chi connectivity index (χ1n) is 4.91. The van der Waals surface area contributed by atoms with Crippen LogP contribution in [0.25, 0.3) is 0 Å². The third-order valence-corrected chi connectivity index (χ3v) is 2.15. The monoisotopic (exact) mass is 186 g/mol. The third-order valence-electron chi connectivity index (χ3n) is 2.15. The number of nitrogens with one attached hydrogen (secondary N) is 1. The summed E-state index contributed by atoms with van der Waals surface area (Å²) in [5.74, 6) is 0.0531. The van der Waals surface area contributed by atoms with Gasteiger partial charge in [0.1, 0.15) is 0 Å². The number of hydrogen-bond donors (Lipinski definition) is 2. The lowest BCUT2D eigenvalue weighted by Gasteiger charge is -2.21. The zero-order valence-electron chi connectivity index (χ0n) is 7.92. The van der Waals surface area contributed by atoms with Crippen LogP contribution in [0, 0.1) is 0 Å². The first-order valence-corrected chi connectivity index (χ1v) is 4.91. The summed E-state index contributed by atoms with van der Waals surface area (Å²) in [6, 6.07) is 0. The number of rotatable bonds is 4. The van der Waals surface area contributed by atoms with Gasteiger partial charge in [0.15, 0.2) is 0 Å². The van der Waals surface area contributed by atoms with E-state index in [9.17, 15) is 4.79 Å². The molecule has 1 amide bonds. The molecule has 0 aromatic carbocycles. The molecular weight excluding hydrogens is 168 g/mol. The summed E-state index contributed by atoms with van der Waals surface area (Å²) in [4.78, 5) is 11.2. The SMILES string of the molecule is NCCNC(=O)CC1CCCCO1. The Kier molecular flexibility index (Phi) is 4.78. The van der Waals surface area contributed by atoms with Crippen LogP contribution in [0.15, 0.2) is 0 Å². The molecule has 0 aliphatic carbocycles. The van der Waals surface area contributed by atoms with E-state index in [1.807, 2.05) is 0 Å². The molecule has 0 radical (unpaired) electrons. The van der Waals surface area contributed by atoms with Crippen molar-refractivity contribution in [2.24, 2.45) is 5.73 Å². The predicted octanol–water partition coefficient (Wildman–Crippen LogP) is 0.0205. The largest absolute Gasteiger partial charge is 0.378 e. The lowest BCUT2D eigenvalue weighted by atomic mass is 10.1. The number of nitrogens with two attached hydrogens (primary N) is 1. The summed E-state index contributed by atoms with van der Waals surface area (Å²) in [5.41, 5.74) is 5.26. The third kappa shape index (κ3) is 4.24. The Hall–Kier alpha value is -0.610. The highest BCUT2D eigenvalue weighted by Gasteiger charge is 2.16. The van der Waals surface area contributed by atoms with Crippen molar-refractivity contribution in [3.05, 3.63) is 0 Å². The van der Waals surface area contributed by atoms with Crippen molar-refractivity contribution >= 4 is 5.91 Å². The van der Waals surface area contributed by atoms with Crippen LogP contribution < -0.4 is 11.1 Å². The van der Waals surface area contributed by atoms with Crippen molar-refractivity contribution in [3.8, 4) is 0 Å². The molecule has 0 spiro atoms. The predicted molar refractivity (Wildman–Crippen MR) is 50.3 cm³/mol. The summed E-state index contributed by atoms with van der Waals surface area (Å²) >= 11 is 0. The average Bonchev–Trinajstić information content (AvgIpc) is 2.16. The number of carbonyl (C=O) groups excluding carboxylic acids is 1. The van der Waals surface area contributed by atoms with Gasteiger partial charge in [0, 0.05) is 19.7 Å². The van der Waals surface area contributed by atoms with Crippen LogP contribution in [-0.4, -0.2) is 31.7 Å². The second-order valence-corrected chi connectivity index (χ2v) is 3.33.